The molecular formula is C20H27N3O2S. The number of hydrogen-bond acceptors (Lipinski definition) is 5. The second-order valence-electron chi connectivity index (χ2n) is 7.33. The Morgan fingerprint density at radius 1 is 1.27 bits per heavy atom. The van der Waals surface area contributed by atoms with Crippen LogP contribution in [0.25, 0.3) is 11.5 Å². The Bertz CT molecular complexity index is 761. The normalized spacial score (nSPS) is 24.2. The lowest BCUT2D eigenvalue weighted by atomic mass is 9.78. The van der Waals surface area contributed by atoms with Crippen molar-refractivity contribution in [2.45, 2.75) is 63.5 Å². The van der Waals surface area contributed by atoms with E-state index in [2.05, 4.69) is 29.4 Å². The molecule has 0 saturated heterocycles. The van der Waals surface area contributed by atoms with E-state index in [1.54, 1.807) is 0 Å². The molecule has 1 amide bonds. The van der Waals surface area contributed by atoms with Crippen LogP contribution in [0.15, 0.2) is 33.9 Å². The lowest BCUT2D eigenvalue weighted by Crippen LogP contribution is -2.46. The molecular weight excluding hydrogens is 346 g/mol. The minimum atomic E-state index is -0.274. The molecule has 1 heterocycles. The molecule has 1 N–H and O–H groups in total. The van der Waals surface area contributed by atoms with Gasteiger partial charge in [-0.2, -0.15) is 0 Å². The number of hydrogen-bond donors (Lipinski definition) is 1. The van der Waals surface area contributed by atoms with Gasteiger partial charge in [-0.15, -0.1) is 10.2 Å². The number of aromatic nitrogens is 2. The Hall–Kier alpha value is -1.82. The van der Waals surface area contributed by atoms with Crippen LogP contribution in [0.5, 0.6) is 0 Å². The highest BCUT2D eigenvalue weighted by molar-refractivity contribution is 8.00. The molecule has 0 radical (unpaired) electrons. The van der Waals surface area contributed by atoms with Crippen LogP contribution in [-0.4, -0.2) is 27.4 Å². The second-order valence-corrected chi connectivity index (χ2v) is 8.62. The molecule has 1 fully saturated rings. The summed E-state index contributed by atoms with van der Waals surface area (Å²) in [7, 11) is 0. The first-order valence-electron chi connectivity index (χ1n) is 9.32. The molecule has 26 heavy (non-hydrogen) atoms. The molecule has 2 aromatic rings. The molecule has 0 spiro atoms. The number of carbonyl (C=O) groups excluding carboxylic acids is 1. The predicted molar refractivity (Wildman–Crippen MR) is 104 cm³/mol. The van der Waals surface area contributed by atoms with E-state index >= 15 is 0 Å². The van der Waals surface area contributed by atoms with Gasteiger partial charge in [-0.3, -0.25) is 4.79 Å². The van der Waals surface area contributed by atoms with E-state index in [1.165, 1.54) is 24.6 Å². The van der Waals surface area contributed by atoms with Crippen molar-refractivity contribution in [3.63, 3.8) is 0 Å². The summed E-state index contributed by atoms with van der Waals surface area (Å²) in [6.07, 6.45) is 3.50. The molecule has 1 aromatic heterocycles. The number of aryl methyl sites for hydroxylation is 1. The Morgan fingerprint density at radius 2 is 2.04 bits per heavy atom. The Labute approximate surface area is 159 Å². The number of nitrogens with one attached hydrogen (secondary N) is 1. The fraction of sp³-hybridized carbons (Fsp3) is 0.550. The standard InChI is InChI=1S/C20H27N3O2S/c1-12-9-7-11-17(14(12)3)21-18(24)15(4)26-20-23-22-19(25-20)16-10-6-5-8-13(16)2/h5-6,8,10,12,14-15,17H,7,9,11H2,1-4H3,(H,21,24)/t12-,14-,15+,17+/m0/s1. The van der Waals surface area contributed by atoms with Gasteiger partial charge in [0.25, 0.3) is 5.22 Å². The van der Waals surface area contributed by atoms with E-state index in [0.717, 1.165) is 17.5 Å². The summed E-state index contributed by atoms with van der Waals surface area (Å²) in [5, 5.41) is 11.6. The lowest BCUT2D eigenvalue weighted by Gasteiger charge is -2.35. The highest BCUT2D eigenvalue weighted by Crippen LogP contribution is 2.31. The van der Waals surface area contributed by atoms with Crippen molar-refractivity contribution in [1.82, 2.24) is 15.5 Å². The maximum atomic E-state index is 12.6. The van der Waals surface area contributed by atoms with Gasteiger partial charge in [0.05, 0.1) is 5.25 Å². The van der Waals surface area contributed by atoms with E-state index < -0.39 is 0 Å². The zero-order valence-corrected chi connectivity index (χ0v) is 16.7. The van der Waals surface area contributed by atoms with Gasteiger partial charge in [-0.1, -0.05) is 56.7 Å². The van der Waals surface area contributed by atoms with Crippen molar-refractivity contribution in [2.75, 3.05) is 0 Å². The van der Waals surface area contributed by atoms with Crippen molar-refractivity contribution in [2.24, 2.45) is 11.8 Å². The summed E-state index contributed by atoms with van der Waals surface area (Å²) in [4.78, 5) is 12.6. The van der Waals surface area contributed by atoms with Crippen molar-refractivity contribution in [1.29, 1.82) is 0 Å². The average molecular weight is 374 g/mol. The fourth-order valence-corrected chi connectivity index (χ4v) is 4.16. The summed E-state index contributed by atoms with van der Waals surface area (Å²) in [5.41, 5.74) is 2.01. The van der Waals surface area contributed by atoms with Crippen molar-refractivity contribution >= 4 is 17.7 Å². The highest BCUT2D eigenvalue weighted by atomic mass is 32.2. The molecule has 0 bridgehead atoms. The number of carbonyl (C=O) groups is 1. The highest BCUT2D eigenvalue weighted by Gasteiger charge is 2.30. The van der Waals surface area contributed by atoms with Crippen LogP contribution in [0.1, 0.15) is 45.6 Å². The van der Waals surface area contributed by atoms with Gasteiger partial charge in [-0.05, 0) is 43.7 Å². The van der Waals surface area contributed by atoms with Crippen LogP contribution in [0.4, 0.5) is 0 Å². The third-order valence-electron chi connectivity index (χ3n) is 5.46. The van der Waals surface area contributed by atoms with Crippen molar-refractivity contribution < 1.29 is 9.21 Å². The first-order chi connectivity index (χ1) is 12.5. The zero-order valence-electron chi connectivity index (χ0n) is 15.9. The van der Waals surface area contributed by atoms with Crippen LogP contribution in [0.3, 0.4) is 0 Å². The minimum Gasteiger partial charge on any atom is -0.411 e. The number of benzene rings is 1. The lowest BCUT2D eigenvalue weighted by molar-refractivity contribution is -0.121. The summed E-state index contributed by atoms with van der Waals surface area (Å²) in [5.74, 6) is 1.70. The van der Waals surface area contributed by atoms with E-state index in [4.69, 9.17) is 4.42 Å². The summed E-state index contributed by atoms with van der Waals surface area (Å²) >= 11 is 1.31. The van der Waals surface area contributed by atoms with E-state index in [9.17, 15) is 4.79 Å². The SMILES string of the molecule is Cc1ccccc1-c1nnc(S[C@H](C)C(=O)N[C@@H]2CCC[C@H](C)[C@@H]2C)o1. The summed E-state index contributed by atoms with van der Waals surface area (Å²) < 4.78 is 5.76. The third kappa shape index (κ3) is 4.29. The number of amides is 1. The van der Waals surface area contributed by atoms with Crippen LogP contribution in [-0.2, 0) is 4.79 Å². The molecule has 1 saturated carbocycles. The molecule has 6 heteroatoms. The number of rotatable bonds is 5. The summed E-state index contributed by atoms with van der Waals surface area (Å²) in [6.45, 7) is 8.40. The monoisotopic (exact) mass is 373 g/mol. The third-order valence-corrected chi connectivity index (χ3v) is 6.40. The molecule has 1 aliphatic rings. The van der Waals surface area contributed by atoms with Gasteiger partial charge in [0, 0.05) is 11.6 Å². The van der Waals surface area contributed by atoms with Gasteiger partial charge in [0.15, 0.2) is 0 Å². The Morgan fingerprint density at radius 3 is 2.81 bits per heavy atom. The molecule has 3 rings (SSSR count). The molecule has 0 aliphatic heterocycles. The largest absolute Gasteiger partial charge is 0.411 e. The first kappa shape index (κ1) is 19.0. The Kier molecular flexibility index (Phi) is 6.01. The van der Waals surface area contributed by atoms with Crippen LogP contribution >= 0.6 is 11.8 Å². The van der Waals surface area contributed by atoms with E-state index in [0.29, 0.717) is 22.9 Å². The molecule has 5 nitrogen and oxygen atoms in total. The van der Waals surface area contributed by atoms with E-state index in [1.807, 2.05) is 38.1 Å². The smallest absolute Gasteiger partial charge is 0.277 e. The van der Waals surface area contributed by atoms with Crippen molar-refractivity contribution in [3.05, 3.63) is 29.8 Å². The van der Waals surface area contributed by atoms with Gasteiger partial charge in [0.2, 0.25) is 11.8 Å². The Balaban J connectivity index is 1.60. The van der Waals surface area contributed by atoms with Crippen LogP contribution < -0.4 is 5.32 Å². The number of nitrogens with zero attached hydrogens (tertiary/aromatic N) is 2. The maximum Gasteiger partial charge on any atom is 0.277 e. The molecule has 0 unspecified atom stereocenters. The average Bonchev–Trinajstić information content (AvgIpc) is 3.07. The van der Waals surface area contributed by atoms with Gasteiger partial charge in [0.1, 0.15) is 0 Å². The quantitative estimate of drug-likeness (QED) is 0.783. The zero-order chi connectivity index (χ0) is 18.7. The first-order valence-corrected chi connectivity index (χ1v) is 10.2. The molecule has 1 aromatic carbocycles. The van der Waals surface area contributed by atoms with E-state index in [-0.39, 0.29) is 17.2 Å². The van der Waals surface area contributed by atoms with Gasteiger partial charge >= 0.3 is 0 Å². The predicted octanol–water partition coefficient (Wildman–Crippen LogP) is 4.47. The second kappa shape index (κ2) is 8.25. The minimum absolute atomic E-state index is 0.0385. The molecule has 4 atom stereocenters. The van der Waals surface area contributed by atoms with Gasteiger partial charge in [-0.25, -0.2) is 0 Å². The fourth-order valence-electron chi connectivity index (χ4n) is 3.47. The molecule has 1 aliphatic carbocycles. The molecule has 140 valence electrons. The van der Waals surface area contributed by atoms with Gasteiger partial charge < -0.3 is 9.73 Å². The number of thioether (sulfide) groups is 1. The van der Waals surface area contributed by atoms with Crippen LogP contribution in [0.2, 0.25) is 0 Å². The maximum absolute atomic E-state index is 12.6. The van der Waals surface area contributed by atoms with Crippen LogP contribution in [0, 0.1) is 18.8 Å². The topological polar surface area (TPSA) is 68.0 Å². The van der Waals surface area contributed by atoms with Crippen molar-refractivity contribution in [3.8, 4) is 11.5 Å². The summed E-state index contributed by atoms with van der Waals surface area (Å²) in [6, 6.07) is 8.15.